The van der Waals surface area contributed by atoms with E-state index in [2.05, 4.69) is 10.6 Å². The number of hydrogen-bond acceptors (Lipinski definition) is 6. The normalized spacial score (nSPS) is 11.6. The zero-order valence-corrected chi connectivity index (χ0v) is 22.2. The van der Waals surface area contributed by atoms with Crippen LogP contribution in [0.5, 0.6) is 0 Å². The molecular formula is C31H27N5O5. The zero-order valence-electron chi connectivity index (χ0n) is 22.2. The fourth-order valence-corrected chi connectivity index (χ4v) is 4.57. The van der Waals surface area contributed by atoms with E-state index in [0.717, 1.165) is 11.1 Å². The second kappa shape index (κ2) is 11.7. The average molecular weight is 550 g/mol. The van der Waals surface area contributed by atoms with Gasteiger partial charge in [-0.25, -0.2) is 4.98 Å². The first-order chi connectivity index (χ1) is 19.8. The van der Waals surface area contributed by atoms with E-state index in [9.17, 15) is 24.8 Å². The van der Waals surface area contributed by atoms with Crippen LogP contribution in [0.2, 0.25) is 0 Å². The molecule has 41 heavy (non-hydrogen) atoms. The molecule has 1 atom stereocenters. The van der Waals surface area contributed by atoms with E-state index in [4.69, 9.17) is 4.98 Å². The van der Waals surface area contributed by atoms with Crippen molar-refractivity contribution in [3.05, 3.63) is 130 Å². The van der Waals surface area contributed by atoms with Crippen molar-refractivity contribution in [3.8, 4) is 11.3 Å². The highest BCUT2D eigenvalue weighted by atomic mass is 16.6. The highest BCUT2D eigenvalue weighted by molar-refractivity contribution is 5.96. The van der Waals surface area contributed by atoms with Gasteiger partial charge in [0.1, 0.15) is 17.2 Å². The smallest absolute Gasteiger partial charge is 0.305 e. The molecule has 2 heterocycles. The molecule has 5 rings (SSSR count). The number of aryl methyl sites for hydroxylation is 1. The molecule has 0 radical (unpaired) electrons. The Morgan fingerprint density at radius 3 is 2.46 bits per heavy atom. The number of nitrogens with one attached hydrogen (secondary N) is 2. The Morgan fingerprint density at radius 1 is 1.00 bits per heavy atom. The number of hydrogen-bond donors (Lipinski definition) is 3. The van der Waals surface area contributed by atoms with Crippen LogP contribution in [0.4, 0.5) is 11.5 Å². The summed E-state index contributed by atoms with van der Waals surface area (Å²) < 4.78 is 1.78. The molecular weight excluding hydrogens is 522 g/mol. The molecule has 1 unspecified atom stereocenters. The lowest BCUT2D eigenvalue weighted by molar-refractivity contribution is -0.384. The Hall–Kier alpha value is -5.51. The predicted molar refractivity (Wildman–Crippen MR) is 155 cm³/mol. The first-order valence-electron chi connectivity index (χ1n) is 12.9. The maximum absolute atomic E-state index is 13.3. The van der Waals surface area contributed by atoms with Crippen LogP contribution in [-0.2, 0) is 11.3 Å². The number of carbonyl (C=O) groups is 2. The van der Waals surface area contributed by atoms with Crippen LogP contribution in [0.3, 0.4) is 0 Å². The number of pyridine rings is 1. The average Bonchev–Trinajstić information content (AvgIpc) is 3.34. The highest BCUT2D eigenvalue weighted by Crippen LogP contribution is 2.32. The van der Waals surface area contributed by atoms with Crippen LogP contribution in [0, 0.1) is 17.0 Å². The minimum Gasteiger partial charge on any atom is -0.481 e. The summed E-state index contributed by atoms with van der Waals surface area (Å²) in [5, 5.41) is 27.1. The first-order valence-corrected chi connectivity index (χ1v) is 12.9. The minimum atomic E-state index is -1.03. The van der Waals surface area contributed by atoms with E-state index in [0.29, 0.717) is 40.4 Å². The quantitative estimate of drug-likeness (QED) is 0.148. The molecule has 0 aliphatic carbocycles. The number of carboxylic acids is 1. The topological polar surface area (TPSA) is 139 Å². The lowest BCUT2D eigenvalue weighted by Crippen LogP contribution is -2.30. The van der Waals surface area contributed by atoms with Crippen LogP contribution >= 0.6 is 0 Å². The molecule has 5 aromatic rings. The van der Waals surface area contributed by atoms with Crippen molar-refractivity contribution in [2.75, 3.05) is 5.32 Å². The summed E-state index contributed by atoms with van der Waals surface area (Å²) in [4.78, 5) is 40.5. The van der Waals surface area contributed by atoms with Crippen molar-refractivity contribution >= 4 is 29.0 Å². The summed E-state index contributed by atoms with van der Waals surface area (Å²) in [7, 11) is 0. The van der Waals surface area contributed by atoms with Crippen molar-refractivity contribution in [2.45, 2.75) is 25.9 Å². The van der Waals surface area contributed by atoms with Crippen molar-refractivity contribution < 1.29 is 19.6 Å². The largest absolute Gasteiger partial charge is 0.481 e. The number of rotatable bonds is 10. The van der Waals surface area contributed by atoms with Crippen molar-refractivity contribution in [1.29, 1.82) is 0 Å². The van der Waals surface area contributed by atoms with E-state index in [1.165, 1.54) is 12.1 Å². The maximum atomic E-state index is 13.3. The molecule has 0 fully saturated rings. The number of benzene rings is 3. The summed E-state index contributed by atoms with van der Waals surface area (Å²) >= 11 is 0. The van der Waals surface area contributed by atoms with Crippen molar-refractivity contribution in [3.63, 3.8) is 0 Å². The van der Waals surface area contributed by atoms with Gasteiger partial charge >= 0.3 is 5.97 Å². The van der Waals surface area contributed by atoms with E-state index in [1.54, 1.807) is 47.0 Å². The summed E-state index contributed by atoms with van der Waals surface area (Å²) in [5.41, 5.74) is 4.46. The number of nitro groups is 1. The molecule has 0 spiro atoms. The number of anilines is 1. The van der Waals surface area contributed by atoms with Gasteiger partial charge in [-0.15, -0.1) is 0 Å². The standard InChI is InChI=1S/C31H27N5O5/c1-20-10-12-22(13-11-20)26(18-28(37)38)33-31(39)24-14-15-35-27(17-24)34-29(23-8-5-9-25(16-23)36(40)41)30(35)32-19-21-6-3-2-4-7-21/h2-17,26,32H,18-19H2,1H3,(H,33,39)(H,37,38). The number of aromatic nitrogens is 2. The Kier molecular flexibility index (Phi) is 7.73. The fraction of sp³-hybridized carbons (Fsp3) is 0.129. The van der Waals surface area contributed by atoms with Crippen molar-refractivity contribution in [2.24, 2.45) is 0 Å². The maximum Gasteiger partial charge on any atom is 0.305 e. The third-order valence-corrected chi connectivity index (χ3v) is 6.69. The molecule has 10 nitrogen and oxygen atoms in total. The van der Waals surface area contributed by atoms with Crippen LogP contribution in [0.1, 0.15) is 39.5 Å². The van der Waals surface area contributed by atoms with Gasteiger partial charge in [0, 0.05) is 36.0 Å². The van der Waals surface area contributed by atoms with E-state index in [1.807, 2.05) is 49.4 Å². The number of nitrogens with zero attached hydrogens (tertiary/aromatic N) is 3. The monoisotopic (exact) mass is 549 g/mol. The second-order valence-corrected chi connectivity index (χ2v) is 9.63. The third kappa shape index (κ3) is 6.22. The van der Waals surface area contributed by atoms with Crippen molar-refractivity contribution in [1.82, 2.24) is 14.7 Å². The number of aliphatic carboxylic acids is 1. The number of amides is 1. The lowest BCUT2D eigenvalue weighted by atomic mass is 10.0. The van der Waals surface area contributed by atoms with E-state index in [-0.39, 0.29) is 12.1 Å². The first kappa shape index (κ1) is 27.1. The Labute approximate surface area is 235 Å². The zero-order chi connectivity index (χ0) is 28.9. The summed E-state index contributed by atoms with van der Waals surface area (Å²) in [6, 6.07) is 25.8. The molecule has 3 aromatic carbocycles. The van der Waals surface area contributed by atoms with E-state index >= 15 is 0 Å². The number of imidazole rings is 1. The van der Waals surface area contributed by atoms with Gasteiger partial charge in [0.15, 0.2) is 0 Å². The molecule has 206 valence electrons. The molecule has 1 amide bonds. The summed E-state index contributed by atoms with van der Waals surface area (Å²) in [5.74, 6) is -0.868. The minimum absolute atomic E-state index is 0.0609. The number of carbonyl (C=O) groups excluding carboxylic acids is 1. The molecule has 0 bridgehead atoms. The predicted octanol–water partition coefficient (Wildman–Crippen LogP) is 5.78. The molecule has 0 aliphatic rings. The SMILES string of the molecule is Cc1ccc(C(CC(=O)O)NC(=O)c2ccn3c(NCc4ccccc4)c(-c4cccc([N+](=O)[O-])c4)nc3c2)cc1. The molecule has 10 heteroatoms. The summed E-state index contributed by atoms with van der Waals surface area (Å²) in [6.45, 7) is 2.41. The molecule has 2 aromatic heterocycles. The fourth-order valence-electron chi connectivity index (χ4n) is 4.57. The Balaban J connectivity index is 1.50. The number of fused-ring (bicyclic) bond motifs is 1. The highest BCUT2D eigenvalue weighted by Gasteiger charge is 2.21. The van der Waals surface area contributed by atoms with Crippen LogP contribution < -0.4 is 10.6 Å². The van der Waals surface area contributed by atoms with Gasteiger partial charge in [0.05, 0.1) is 17.4 Å². The second-order valence-electron chi connectivity index (χ2n) is 9.63. The van der Waals surface area contributed by atoms with Gasteiger partial charge in [-0.2, -0.15) is 0 Å². The van der Waals surface area contributed by atoms with Gasteiger partial charge in [0.25, 0.3) is 11.6 Å². The number of carboxylic acid groups (broad SMARTS) is 1. The van der Waals surface area contributed by atoms with Gasteiger partial charge < -0.3 is 15.7 Å². The van der Waals surface area contributed by atoms with E-state index < -0.39 is 22.8 Å². The van der Waals surface area contributed by atoms with Crippen LogP contribution in [0.15, 0.2) is 97.2 Å². The van der Waals surface area contributed by atoms with Crippen LogP contribution in [-0.4, -0.2) is 31.3 Å². The molecule has 0 saturated heterocycles. The lowest BCUT2D eigenvalue weighted by Gasteiger charge is -2.18. The third-order valence-electron chi connectivity index (χ3n) is 6.69. The molecule has 0 saturated carbocycles. The number of non-ortho nitro benzene ring substituents is 1. The van der Waals surface area contributed by atoms with Crippen LogP contribution in [0.25, 0.3) is 16.9 Å². The summed E-state index contributed by atoms with van der Waals surface area (Å²) in [6.07, 6.45) is 1.43. The van der Waals surface area contributed by atoms with Gasteiger partial charge in [0.2, 0.25) is 0 Å². The molecule has 3 N–H and O–H groups in total. The van der Waals surface area contributed by atoms with Gasteiger partial charge in [-0.05, 0) is 30.2 Å². The molecule has 0 aliphatic heterocycles. The van der Waals surface area contributed by atoms with Gasteiger partial charge in [-0.3, -0.25) is 24.1 Å². The Bertz CT molecular complexity index is 1730. The number of nitro benzene ring substituents is 1. The van der Waals surface area contributed by atoms with Gasteiger partial charge in [-0.1, -0.05) is 72.3 Å². The Morgan fingerprint density at radius 2 is 1.76 bits per heavy atom.